The number of ether oxygens (including phenoxy) is 1. The number of carbonyl (C=O) groups is 2. The zero-order chi connectivity index (χ0) is 18.4. The van der Waals surface area contributed by atoms with Crippen molar-refractivity contribution in [1.29, 1.82) is 5.26 Å². The maximum absolute atomic E-state index is 11.3. The minimum atomic E-state index is -0.226. The van der Waals surface area contributed by atoms with Gasteiger partial charge in [-0.1, -0.05) is 45.6 Å². The lowest BCUT2D eigenvalue weighted by Crippen LogP contribution is -2.14. The Bertz CT molecular complexity index is 483. The van der Waals surface area contributed by atoms with Crippen LogP contribution in [0, 0.1) is 23.2 Å². The molecule has 0 aliphatic carbocycles. The number of ketones is 1. The number of nitriles is 1. The Morgan fingerprint density at radius 2 is 1.74 bits per heavy atom. The highest BCUT2D eigenvalue weighted by Crippen LogP contribution is 2.13. The van der Waals surface area contributed by atoms with Crippen molar-refractivity contribution in [2.24, 2.45) is 11.8 Å². The van der Waals surface area contributed by atoms with E-state index in [9.17, 15) is 9.59 Å². The quantitative estimate of drug-likeness (QED) is 0.378. The van der Waals surface area contributed by atoms with Crippen molar-refractivity contribution in [3.63, 3.8) is 0 Å². The number of Topliss-reactive ketones (excluding diaryl/α,β-unsaturated/α-hetero) is 1. The van der Waals surface area contributed by atoms with E-state index in [0.717, 1.165) is 12.0 Å². The van der Waals surface area contributed by atoms with E-state index in [1.165, 1.54) is 0 Å². The van der Waals surface area contributed by atoms with Gasteiger partial charge in [0, 0.05) is 11.5 Å². The van der Waals surface area contributed by atoms with Crippen LogP contribution in [0.4, 0.5) is 0 Å². The Hall–Kier alpha value is -2.15. The minimum absolute atomic E-state index is 0.215. The van der Waals surface area contributed by atoms with E-state index in [1.807, 2.05) is 19.9 Å². The van der Waals surface area contributed by atoms with E-state index < -0.39 is 0 Å². The summed E-state index contributed by atoms with van der Waals surface area (Å²) >= 11 is 0. The van der Waals surface area contributed by atoms with Crippen molar-refractivity contribution in [3.05, 3.63) is 36.5 Å². The fourth-order valence-electron chi connectivity index (χ4n) is 1.37. The van der Waals surface area contributed by atoms with Gasteiger partial charge in [-0.25, -0.2) is 0 Å². The monoisotopic (exact) mass is 319 g/mol. The first-order valence-corrected chi connectivity index (χ1v) is 7.81. The molecule has 0 aromatic heterocycles. The Labute approximate surface area is 140 Å². The number of hydrogen-bond donors (Lipinski definition) is 0. The molecule has 0 heterocycles. The van der Waals surface area contributed by atoms with Crippen molar-refractivity contribution < 1.29 is 14.3 Å². The molecule has 0 saturated heterocycles. The molecule has 0 amide bonds. The van der Waals surface area contributed by atoms with Gasteiger partial charge in [-0.2, -0.15) is 5.26 Å². The van der Waals surface area contributed by atoms with Gasteiger partial charge < -0.3 is 4.74 Å². The first-order valence-electron chi connectivity index (χ1n) is 7.81. The lowest BCUT2D eigenvalue weighted by molar-refractivity contribution is -0.147. The summed E-state index contributed by atoms with van der Waals surface area (Å²) in [5.41, 5.74) is 1.14. The largest absolute Gasteiger partial charge is 0.466 e. The summed E-state index contributed by atoms with van der Waals surface area (Å²) in [5, 5.41) is 8.48. The zero-order valence-corrected chi connectivity index (χ0v) is 15.0. The second kappa shape index (κ2) is 13.5. The molecule has 4 nitrogen and oxygen atoms in total. The van der Waals surface area contributed by atoms with Gasteiger partial charge in [-0.3, -0.25) is 9.59 Å². The lowest BCUT2D eigenvalue weighted by atomic mass is 10.0. The number of rotatable bonds is 8. The third-order valence-corrected chi connectivity index (χ3v) is 3.23. The second-order valence-corrected chi connectivity index (χ2v) is 5.41. The maximum Gasteiger partial charge on any atom is 0.308 e. The predicted octanol–water partition coefficient (Wildman–Crippen LogP) is 4.39. The molecule has 0 bridgehead atoms. The first-order chi connectivity index (χ1) is 10.7. The maximum atomic E-state index is 11.3. The van der Waals surface area contributed by atoms with Crippen LogP contribution in [0.1, 0.15) is 47.5 Å². The van der Waals surface area contributed by atoms with Gasteiger partial charge in [-0.15, -0.1) is 0 Å². The van der Waals surface area contributed by atoms with E-state index in [4.69, 9.17) is 10.00 Å². The van der Waals surface area contributed by atoms with Crippen LogP contribution in [0.25, 0.3) is 0 Å². The van der Waals surface area contributed by atoms with Gasteiger partial charge in [0.2, 0.25) is 0 Å². The lowest BCUT2D eigenvalue weighted by Gasteiger charge is -2.09. The van der Waals surface area contributed by atoms with Crippen molar-refractivity contribution in [1.82, 2.24) is 0 Å². The van der Waals surface area contributed by atoms with Crippen LogP contribution in [-0.2, 0) is 14.3 Å². The summed E-state index contributed by atoms with van der Waals surface area (Å²) < 4.78 is 4.88. The summed E-state index contributed by atoms with van der Waals surface area (Å²) in [6, 6.07) is 1.90. The van der Waals surface area contributed by atoms with Crippen molar-refractivity contribution in [3.8, 4) is 6.07 Å². The van der Waals surface area contributed by atoms with Crippen LogP contribution in [0.15, 0.2) is 36.5 Å². The highest BCUT2D eigenvalue weighted by molar-refractivity contribution is 5.77. The summed E-state index contributed by atoms with van der Waals surface area (Å²) in [6.45, 7) is 16.9. The molecule has 128 valence electrons. The number of esters is 1. The van der Waals surface area contributed by atoms with Gasteiger partial charge in [0.25, 0.3) is 0 Å². The second-order valence-electron chi connectivity index (χ2n) is 5.41. The van der Waals surface area contributed by atoms with Gasteiger partial charge >= 0.3 is 5.97 Å². The highest BCUT2D eigenvalue weighted by atomic mass is 16.5. The van der Waals surface area contributed by atoms with E-state index in [2.05, 4.69) is 13.2 Å². The molecule has 0 aliphatic rings. The molecule has 0 aromatic carbocycles. The minimum Gasteiger partial charge on any atom is -0.466 e. The molecule has 0 radical (unpaired) electrons. The Balaban J connectivity index is 0. The number of carbonyl (C=O) groups excluding carboxylic acids is 2. The summed E-state index contributed by atoms with van der Waals surface area (Å²) in [6.07, 6.45) is 4.77. The molecule has 0 fully saturated rings. The Morgan fingerprint density at radius 3 is 2.09 bits per heavy atom. The Morgan fingerprint density at radius 1 is 1.17 bits per heavy atom. The predicted molar refractivity (Wildman–Crippen MR) is 93.6 cm³/mol. The molecular formula is C19H29NO3. The number of hydrogen-bond acceptors (Lipinski definition) is 4. The SMILES string of the molecule is C=C(C#N)/C=C\C(=C)CC(C)C(=O)OCC.CCC(C)C(C)=O. The Kier molecular flexibility index (Phi) is 13.6. The molecule has 23 heavy (non-hydrogen) atoms. The van der Waals surface area contributed by atoms with Gasteiger partial charge in [0.1, 0.15) is 5.78 Å². The van der Waals surface area contributed by atoms with Crippen molar-refractivity contribution in [2.75, 3.05) is 6.61 Å². The topological polar surface area (TPSA) is 67.2 Å². The first kappa shape index (κ1) is 23.1. The van der Waals surface area contributed by atoms with E-state index in [-0.39, 0.29) is 17.8 Å². The van der Waals surface area contributed by atoms with E-state index in [1.54, 1.807) is 32.9 Å². The van der Waals surface area contributed by atoms with Crippen LogP contribution in [0.5, 0.6) is 0 Å². The fourth-order valence-corrected chi connectivity index (χ4v) is 1.37. The average molecular weight is 319 g/mol. The van der Waals surface area contributed by atoms with Crippen LogP contribution in [0.3, 0.4) is 0 Å². The molecule has 4 heteroatoms. The summed E-state index contributed by atoms with van der Waals surface area (Å²) in [5.74, 6) is 0.117. The average Bonchev–Trinajstić information content (AvgIpc) is 2.52. The van der Waals surface area contributed by atoms with Crippen LogP contribution in [0.2, 0.25) is 0 Å². The molecule has 2 atom stereocenters. The molecular weight excluding hydrogens is 290 g/mol. The standard InChI is InChI=1S/C13H17NO2.C6H12O/c1-5-16-13(15)12(4)8-10(2)6-7-11(3)9-14;1-4-5(2)6(3)7/h6-7,12H,2-3,5,8H2,1,4H3;5H,4H2,1-3H3/b7-6-;. The molecule has 0 saturated carbocycles. The molecule has 0 N–H and O–H groups in total. The normalized spacial score (nSPS) is 12.3. The highest BCUT2D eigenvalue weighted by Gasteiger charge is 2.13. The third kappa shape index (κ3) is 13.2. The summed E-state index contributed by atoms with van der Waals surface area (Å²) in [4.78, 5) is 21.7. The third-order valence-electron chi connectivity index (χ3n) is 3.23. The zero-order valence-electron chi connectivity index (χ0n) is 15.0. The van der Waals surface area contributed by atoms with Crippen molar-refractivity contribution in [2.45, 2.75) is 47.5 Å². The van der Waals surface area contributed by atoms with Crippen LogP contribution < -0.4 is 0 Å². The molecule has 0 aromatic rings. The molecule has 2 unspecified atom stereocenters. The molecule has 0 spiro atoms. The smallest absolute Gasteiger partial charge is 0.308 e. The van der Waals surface area contributed by atoms with Gasteiger partial charge in [0.15, 0.2) is 0 Å². The molecule has 0 aliphatic heterocycles. The van der Waals surface area contributed by atoms with Gasteiger partial charge in [-0.05, 0) is 32.8 Å². The number of allylic oxidation sites excluding steroid dienone is 4. The van der Waals surface area contributed by atoms with E-state index >= 15 is 0 Å². The number of nitrogens with zero attached hydrogens (tertiary/aromatic N) is 1. The fraction of sp³-hybridized carbons (Fsp3) is 0.526. The van der Waals surface area contributed by atoms with E-state index in [0.29, 0.717) is 24.4 Å². The van der Waals surface area contributed by atoms with Crippen LogP contribution >= 0.6 is 0 Å². The van der Waals surface area contributed by atoms with Crippen molar-refractivity contribution >= 4 is 11.8 Å². The van der Waals surface area contributed by atoms with Gasteiger partial charge in [0.05, 0.1) is 18.6 Å². The summed E-state index contributed by atoms with van der Waals surface area (Å²) in [7, 11) is 0. The van der Waals surface area contributed by atoms with Crippen LogP contribution in [-0.4, -0.2) is 18.4 Å². The molecule has 0 rings (SSSR count).